The molecule has 3 N–H and O–H groups in total. The summed E-state index contributed by atoms with van der Waals surface area (Å²) in [6.45, 7) is 2.53. The molecule has 0 unspecified atom stereocenters. The summed E-state index contributed by atoms with van der Waals surface area (Å²) in [5.74, 6) is -0.156. The number of benzene rings is 1. The maximum Gasteiger partial charge on any atom is 0.251 e. The van der Waals surface area contributed by atoms with E-state index in [2.05, 4.69) is 10.6 Å². The number of nitrogens with one attached hydrogen (secondary N) is 2. The molecule has 3 atom stereocenters. The largest absolute Gasteiger partial charge is 0.388 e. The normalized spacial score (nSPS) is 28.3. The van der Waals surface area contributed by atoms with Crippen molar-refractivity contribution in [2.75, 3.05) is 6.54 Å². The molecule has 1 aliphatic rings. The van der Waals surface area contributed by atoms with Crippen LogP contribution in [-0.4, -0.2) is 29.2 Å². The number of thiophene rings is 1. The van der Waals surface area contributed by atoms with Crippen molar-refractivity contribution in [2.24, 2.45) is 0 Å². The summed E-state index contributed by atoms with van der Waals surface area (Å²) < 4.78 is 0. The predicted molar refractivity (Wildman–Crippen MR) is 88.0 cm³/mol. The van der Waals surface area contributed by atoms with Crippen molar-refractivity contribution in [2.45, 2.75) is 31.0 Å². The molecule has 1 fully saturated rings. The van der Waals surface area contributed by atoms with Gasteiger partial charge in [0.05, 0.1) is 17.7 Å². The Morgan fingerprint density at radius 1 is 1.32 bits per heavy atom. The minimum Gasteiger partial charge on any atom is -0.388 e. The van der Waals surface area contributed by atoms with Gasteiger partial charge in [0.15, 0.2) is 0 Å². The van der Waals surface area contributed by atoms with E-state index in [-0.39, 0.29) is 18.0 Å². The lowest BCUT2D eigenvalue weighted by Gasteiger charge is -2.43. The smallest absolute Gasteiger partial charge is 0.251 e. The lowest BCUT2D eigenvalue weighted by atomic mass is 9.83. The highest BCUT2D eigenvalue weighted by Crippen LogP contribution is 2.33. The van der Waals surface area contributed by atoms with Crippen LogP contribution in [0.25, 0.3) is 0 Å². The Hall–Kier alpha value is -1.69. The fourth-order valence-electron chi connectivity index (χ4n) is 2.90. The monoisotopic (exact) mass is 316 g/mol. The van der Waals surface area contributed by atoms with Crippen LogP contribution in [0.5, 0.6) is 0 Å². The average molecular weight is 316 g/mol. The maximum absolute atomic E-state index is 12.5. The zero-order valence-corrected chi connectivity index (χ0v) is 13.3. The Kier molecular flexibility index (Phi) is 4.29. The number of aliphatic hydroxyl groups is 1. The molecule has 1 aliphatic heterocycles. The van der Waals surface area contributed by atoms with Crippen LogP contribution in [0.3, 0.4) is 0 Å². The Morgan fingerprint density at radius 2 is 2.09 bits per heavy atom. The van der Waals surface area contributed by atoms with E-state index in [0.29, 0.717) is 12.0 Å². The summed E-state index contributed by atoms with van der Waals surface area (Å²) >= 11 is 1.63. The fraction of sp³-hybridized carbons (Fsp3) is 0.353. The summed E-state index contributed by atoms with van der Waals surface area (Å²) in [6, 6.07) is 12.7. The third kappa shape index (κ3) is 3.06. The van der Waals surface area contributed by atoms with Gasteiger partial charge in [-0.05, 0) is 43.5 Å². The Balaban J connectivity index is 1.85. The van der Waals surface area contributed by atoms with E-state index in [1.54, 1.807) is 30.4 Å². The van der Waals surface area contributed by atoms with Crippen LogP contribution in [0.15, 0.2) is 47.8 Å². The molecule has 1 saturated heterocycles. The van der Waals surface area contributed by atoms with Crippen molar-refractivity contribution in [3.05, 3.63) is 58.3 Å². The molecule has 116 valence electrons. The molecule has 2 aromatic rings. The third-order valence-corrected chi connectivity index (χ3v) is 5.13. The topological polar surface area (TPSA) is 61.4 Å². The Labute approximate surface area is 134 Å². The van der Waals surface area contributed by atoms with Crippen LogP contribution in [0, 0.1) is 0 Å². The van der Waals surface area contributed by atoms with E-state index in [1.807, 2.05) is 35.7 Å². The molecule has 0 radical (unpaired) electrons. The van der Waals surface area contributed by atoms with Crippen molar-refractivity contribution in [1.29, 1.82) is 0 Å². The fourth-order valence-corrected chi connectivity index (χ4v) is 3.74. The standard InChI is InChI=1S/C17H20N2O2S/c1-17(21)9-10-18-14(13-8-5-11-22-13)15(17)19-16(20)12-6-3-2-4-7-12/h2-8,11,14-15,18,21H,9-10H2,1H3,(H,19,20)/t14-,15-,17+/m0/s1. The molecule has 0 saturated carbocycles. The molecule has 1 amide bonds. The lowest BCUT2D eigenvalue weighted by molar-refractivity contribution is -0.0189. The summed E-state index contributed by atoms with van der Waals surface area (Å²) in [4.78, 5) is 13.6. The quantitative estimate of drug-likeness (QED) is 0.814. The summed E-state index contributed by atoms with van der Waals surface area (Å²) in [7, 11) is 0. The molecule has 3 rings (SSSR count). The molecule has 1 aromatic heterocycles. The number of rotatable bonds is 3. The number of hydrogen-bond donors (Lipinski definition) is 3. The first kappa shape index (κ1) is 15.2. The second-order valence-electron chi connectivity index (χ2n) is 5.87. The zero-order valence-electron chi connectivity index (χ0n) is 12.5. The highest BCUT2D eigenvalue weighted by molar-refractivity contribution is 7.10. The van der Waals surface area contributed by atoms with Crippen molar-refractivity contribution < 1.29 is 9.90 Å². The number of piperidine rings is 1. The molecule has 2 heterocycles. The predicted octanol–water partition coefficient (Wildman–Crippen LogP) is 2.33. The van der Waals surface area contributed by atoms with E-state index >= 15 is 0 Å². The first-order valence-electron chi connectivity index (χ1n) is 7.43. The molecule has 0 aliphatic carbocycles. The first-order chi connectivity index (χ1) is 10.6. The van der Waals surface area contributed by atoms with Gasteiger partial charge >= 0.3 is 0 Å². The first-order valence-corrected chi connectivity index (χ1v) is 8.31. The minimum absolute atomic E-state index is 0.0728. The van der Waals surface area contributed by atoms with E-state index in [4.69, 9.17) is 0 Å². The van der Waals surface area contributed by atoms with Crippen LogP contribution < -0.4 is 10.6 Å². The van der Waals surface area contributed by atoms with Gasteiger partial charge in [-0.25, -0.2) is 0 Å². The number of carbonyl (C=O) groups is 1. The zero-order chi connectivity index (χ0) is 15.6. The molecule has 1 aromatic carbocycles. The van der Waals surface area contributed by atoms with Crippen molar-refractivity contribution in [1.82, 2.24) is 10.6 Å². The number of hydrogen-bond acceptors (Lipinski definition) is 4. The number of amides is 1. The van der Waals surface area contributed by atoms with Crippen molar-refractivity contribution >= 4 is 17.2 Å². The molecule has 5 heteroatoms. The molecular formula is C17H20N2O2S. The van der Waals surface area contributed by atoms with Crippen molar-refractivity contribution in [3.63, 3.8) is 0 Å². The molecule has 22 heavy (non-hydrogen) atoms. The van der Waals surface area contributed by atoms with Gasteiger partial charge in [0.25, 0.3) is 5.91 Å². The lowest BCUT2D eigenvalue weighted by Crippen LogP contribution is -2.61. The molecule has 0 spiro atoms. The third-order valence-electron chi connectivity index (χ3n) is 4.17. The van der Waals surface area contributed by atoms with Gasteiger partial charge in [0.2, 0.25) is 0 Å². The number of carbonyl (C=O) groups excluding carboxylic acids is 1. The highest BCUT2D eigenvalue weighted by Gasteiger charge is 2.42. The van der Waals surface area contributed by atoms with E-state index in [9.17, 15) is 9.90 Å². The van der Waals surface area contributed by atoms with E-state index in [1.165, 1.54) is 0 Å². The van der Waals surface area contributed by atoms with E-state index in [0.717, 1.165) is 11.4 Å². The van der Waals surface area contributed by atoms with Crippen LogP contribution in [0.4, 0.5) is 0 Å². The molecular weight excluding hydrogens is 296 g/mol. The van der Waals surface area contributed by atoms with Crippen molar-refractivity contribution in [3.8, 4) is 0 Å². The Morgan fingerprint density at radius 3 is 2.77 bits per heavy atom. The summed E-state index contributed by atoms with van der Waals surface area (Å²) in [6.07, 6.45) is 0.606. The van der Waals surface area contributed by atoms with Crippen LogP contribution in [0.1, 0.15) is 34.6 Å². The van der Waals surface area contributed by atoms with Gasteiger partial charge < -0.3 is 15.7 Å². The molecule has 0 bridgehead atoms. The van der Waals surface area contributed by atoms with Gasteiger partial charge in [-0.3, -0.25) is 4.79 Å². The van der Waals surface area contributed by atoms with E-state index < -0.39 is 5.60 Å². The SMILES string of the molecule is C[C@@]1(O)CCN[C@@H](c2cccs2)[C@@H]1NC(=O)c1ccccc1. The second kappa shape index (κ2) is 6.20. The second-order valence-corrected chi connectivity index (χ2v) is 6.85. The van der Waals surface area contributed by atoms with Gasteiger partial charge in [-0.15, -0.1) is 11.3 Å². The van der Waals surface area contributed by atoms with Crippen LogP contribution in [0.2, 0.25) is 0 Å². The minimum atomic E-state index is -0.940. The molecule has 4 nitrogen and oxygen atoms in total. The summed E-state index contributed by atoms with van der Waals surface area (Å²) in [5, 5.41) is 19.2. The Bertz CT molecular complexity index is 625. The van der Waals surface area contributed by atoms with Crippen LogP contribution >= 0.6 is 11.3 Å². The van der Waals surface area contributed by atoms with Gasteiger partial charge in [-0.2, -0.15) is 0 Å². The summed E-state index contributed by atoms with van der Waals surface area (Å²) in [5.41, 5.74) is -0.335. The van der Waals surface area contributed by atoms with Gasteiger partial charge in [0.1, 0.15) is 0 Å². The highest BCUT2D eigenvalue weighted by atomic mass is 32.1. The maximum atomic E-state index is 12.5. The van der Waals surface area contributed by atoms with Gasteiger partial charge in [-0.1, -0.05) is 24.3 Å². The van der Waals surface area contributed by atoms with Gasteiger partial charge in [0, 0.05) is 10.4 Å². The van der Waals surface area contributed by atoms with Crippen LogP contribution in [-0.2, 0) is 0 Å². The average Bonchev–Trinajstić information content (AvgIpc) is 3.04.